The first-order chi connectivity index (χ1) is 4.43. The molecule has 1 aliphatic heterocycles. The summed E-state index contributed by atoms with van der Waals surface area (Å²) in [5.41, 5.74) is 0. The van der Waals surface area contributed by atoms with Crippen molar-refractivity contribution in [1.82, 2.24) is 4.90 Å². The minimum atomic E-state index is 1.18. The van der Waals surface area contributed by atoms with Crippen LogP contribution in [-0.2, 0) is 0 Å². The number of nitrogens with zero attached hydrogens (tertiary/aromatic N) is 1. The Hall–Kier alpha value is -0.300. The van der Waals surface area contributed by atoms with Crippen molar-refractivity contribution in [3.05, 3.63) is 12.2 Å². The van der Waals surface area contributed by atoms with Crippen LogP contribution in [0.3, 0.4) is 0 Å². The highest BCUT2D eigenvalue weighted by Crippen LogP contribution is 2.03. The van der Waals surface area contributed by atoms with E-state index in [1.807, 2.05) is 0 Å². The Balaban J connectivity index is 1.85. The number of hydrogen-bond acceptors (Lipinski definition) is 1. The summed E-state index contributed by atoms with van der Waals surface area (Å²) in [6, 6.07) is 0. The van der Waals surface area contributed by atoms with Crippen LogP contribution in [-0.4, -0.2) is 24.5 Å². The molecule has 0 atom stereocenters. The molecule has 1 heterocycles. The molecule has 52 valence electrons. The summed E-state index contributed by atoms with van der Waals surface area (Å²) in [5, 5.41) is 0. The molecule has 1 aliphatic rings. The van der Waals surface area contributed by atoms with Crippen LogP contribution in [0.4, 0.5) is 0 Å². The van der Waals surface area contributed by atoms with Gasteiger partial charge in [-0.2, -0.15) is 0 Å². The molecule has 9 heavy (non-hydrogen) atoms. The smallest absolute Gasteiger partial charge is 0.0110 e. The maximum atomic E-state index is 2.44. The van der Waals surface area contributed by atoms with Crippen molar-refractivity contribution < 1.29 is 0 Å². The monoisotopic (exact) mass is 125 g/mol. The van der Waals surface area contributed by atoms with Crippen molar-refractivity contribution in [3.63, 3.8) is 0 Å². The van der Waals surface area contributed by atoms with Crippen LogP contribution >= 0.6 is 0 Å². The molecule has 0 aromatic rings. The number of allylic oxidation sites excluding steroid dienone is 1. The SMILES string of the molecule is CC/C=C\CCN1CC1. The first-order valence-corrected chi connectivity index (χ1v) is 3.81. The minimum absolute atomic E-state index is 1.18. The Kier molecular flexibility index (Phi) is 2.78. The van der Waals surface area contributed by atoms with Gasteiger partial charge in [-0.15, -0.1) is 0 Å². The van der Waals surface area contributed by atoms with Crippen molar-refractivity contribution in [3.8, 4) is 0 Å². The summed E-state index contributed by atoms with van der Waals surface area (Å²) in [6.45, 7) is 6.12. The molecular formula is C8H15N. The van der Waals surface area contributed by atoms with Crippen LogP contribution in [0.25, 0.3) is 0 Å². The van der Waals surface area contributed by atoms with Gasteiger partial charge >= 0.3 is 0 Å². The van der Waals surface area contributed by atoms with E-state index in [1.54, 1.807) is 0 Å². The molecule has 0 unspecified atom stereocenters. The second-order valence-electron chi connectivity index (χ2n) is 2.51. The third-order valence-corrected chi connectivity index (χ3v) is 1.55. The first kappa shape index (κ1) is 6.81. The lowest BCUT2D eigenvalue weighted by Gasteiger charge is -1.92. The van der Waals surface area contributed by atoms with E-state index in [1.165, 1.54) is 32.5 Å². The van der Waals surface area contributed by atoms with Gasteiger partial charge in [0.15, 0.2) is 0 Å². The highest BCUT2D eigenvalue weighted by molar-refractivity contribution is 4.83. The van der Waals surface area contributed by atoms with E-state index in [4.69, 9.17) is 0 Å². The highest BCUT2D eigenvalue weighted by atomic mass is 15.2. The van der Waals surface area contributed by atoms with Gasteiger partial charge in [0.05, 0.1) is 0 Å². The molecule has 1 fully saturated rings. The van der Waals surface area contributed by atoms with Gasteiger partial charge in [-0.3, -0.25) is 0 Å². The van der Waals surface area contributed by atoms with Crippen LogP contribution in [0, 0.1) is 0 Å². The fourth-order valence-electron chi connectivity index (χ4n) is 0.836. The second kappa shape index (κ2) is 3.67. The summed E-state index contributed by atoms with van der Waals surface area (Å²) in [7, 11) is 0. The van der Waals surface area contributed by atoms with E-state index in [2.05, 4.69) is 24.0 Å². The molecule has 0 spiro atoms. The summed E-state index contributed by atoms with van der Waals surface area (Å²) in [5.74, 6) is 0. The maximum Gasteiger partial charge on any atom is 0.0110 e. The van der Waals surface area contributed by atoms with Gasteiger partial charge in [0.2, 0.25) is 0 Å². The molecule has 1 rings (SSSR count). The van der Waals surface area contributed by atoms with E-state index >= 15 is 0 Å². The molecular weight excluding hydrogens is 110 g/mol. The van der Waals surface area contributed by atoms with E-state index in [0.29, 0.717) is 0 Å². The van der Waals surface area contributed by atoms with Crippen molar-refractivity contribution >= 4 is 0 Å². The molecule has 0 aromatic heterocycles. The molecule has 0 saturated carbocycles. The molecule has 0 bridgehead atoms. The number of hydrogen-bond donors (Lipinski definition) is 0. The van der Waals surface area contributed by atoms with E-state index < -0.39 is 0 Å². The van der Waals surface area contributed by atoms with E-state index in [-0.39, 0.29) is 0 Å². The lowest BCUT2D eigenvalue weighted by molar-refractivity contribution is 0.567. The molecule has 1 saturated heterocycles. The Labute approximate surface area is 57.4 Å². The molecule has 1 nitrogen and oxygen atoms in total. The quantitative estimate of drug-likeness (QED) is 0.408. The number of rotatable bonds is 4. The standard InChI is InChI=1S/C8H15N/c1-2-3-4-5-6-9-7-8-9/h3-4H,2,5-8H2,1H3/b4-3-. The van der Waals surface area contributed by atoms with Crippen molar-refractivity contribution in [2.24, 2.45) is 0 Å². The molecule has 0 amide bonds. The Morgan fingerprint density at radius 1 is 1.33 bits per heavy atom. The van der Waals surface area contributed by atoms with Crippen molar-refractivity contribution in [2.45, 2.75) is 19.8 Å². The van der Waals surface area contributed by atoms with Gasteiger partial charge in [-0.25, -0.2) is 0 Å². The Bertz CT molecular complexity index is 92.7. The van der Waals surface area contributed by atoms with Gasteiger partial charge in [0.25, 0.3) is 0 Å². The van der Waals surface area contributed by atoms with Crippen LogP contribution in [0.5, 0.6) is 0 Å². The highest BCUT2D eigenvalue weighted by Gasteiger charge is 2.14. The molecule has 0 aromatic carbocycles. The van der Waals surface area contributed by atoms with Gasteiger partial charge in [-0.1, -0.05) is 19.1 Å². The van der Waals surface area contributed by atoms with E-state index in [9.17, 15) is 0 Å². The van der Waals surface area contributed by atoms with Crippen molar-refractivity contribution in [2.75, 3.05) is 19.6 Å². The van der Waals surface area contributed by atoms with Crippen LogP contribution < -0.4 is 0 Å². The van der Waals surface area contributed by atoms with Crippen LogP contribution in [0.1, 0.15) is 19.8 Å². The average Bonchev–Trinajstić information content (AvgIpc) is 2.63. The second-order valence-corrected chi connectivity index (χ2v) is 2.51. The van der Waals surface area contributed by atoms with Crippen molar-refractivity contribution in [1.29, 1.82) is 0 Å². The first-order valence-electron chi connectivity index (χ1n) is 3.81. The lowest BCUT2D eigenvalue weighted by atomic mass is 10.3. The van der Waals surface area contributed by atoms with Gasteiger partial charge < -0.3 is 4.90 Å². The van der Waals surface area contributed by atoms with Gasteiger partial charge in [-0.05, 0) is 12.8 Å². The molecule has 0 aliphatic carbocycles. The third kappa shape index (κ3) is 3.31. The fraction of sp³-hybridized carbons (Fsp3) is 0.750. The molecule has 1 heteroatoms. The van der Waals surface area contributed by atoms with Gasteiger partial charge in [0.1, 0.15) is 0 Å². The van der Waals surface area contributed by atoms with Gasteiger partial charge in [0, 0.05) is 19.6 Å². The van der Waals surface area contributed by atoms with Crippen LogP contribution in [0.2, 0.25) is 0 Å². The van der Waals surface area contributed by atoms with E-state index in [0.717, 1.165) is 0 Å². The summed E-state index contributed by atoms with van der Waals surface area (Å²) in [6.07, 6.45) is 6.94. The average molecular weight is 125 g/mol. The Morgan fingerprint density at radius 3 is 2.67 bits per heavy atom. The maximum absolute atomic E-state index is 2.44. The third-order valence-electron chi connectivity index (χ3n) is 1.55. The molecule has 0 N–H and O–H groups in total. The predicted molar refractivity (Wildman–Crippen MR) is 40.5 cm³/mol. The summed E-state index contributed by atoms with van der Waals surface area (Å²) >= 11 is 0. The molecule has 0 radical (unpaired) electrons. The zero-order valence-electron chi connectivity index (χ0n) is 6.14. The minimum Gasteiger partial charge on any atom is -0.300 e. The zero-order valence-corrected chi connectivity index (χ0v) is 6.14. The largest absolute Gasteiger partial charge is 0.300 e. The predicted octanol–water partition coefficient (Wildman–Crippen LogP) is 1.66. The summed E-state index contributed by atoms with van der Waals surface area (Å²) < 4.78 is 0. The Morgan fingerprint density at radius 2 is 2.11 bits per heavy atom. The normalized spacial score (nSPS) is 19.2. The zero-order chi connectivity index (χ0) is 6.53. The fourth-order valence-corrected chi connectivity index (χ4v) is 0.836. The topological polar surface area (TPSA) is 3.01 Å². The summed E-state index contributed by atoms with van der Waals surface area (Å²) in [4.78, 5) is 2.44. The van der Waals surface area contributed by atoms with Crippen LogP contribution in [0.15, 0.2) is 12.2 Å². The lowest BCUT2D eigenvalue weighted by Crippen LogP contribution is -1.95.